The summed E-state index contributed by atoms with van der Waals surface area (Å²) in [4.78, 5) is 4.03. The molecule has 0 radical (unpaired) electrons. The van der Waals surface area contributed by atoms with E-state index in [1.165, 1.54) is 68.1 Å². The molecular weight excluding hydrogens is 330 g/mol. The highest BCUT2D eigenvalue weighted by molar-refractivity contribution is 9.09. The smallest absolute Gasteiger partial charge is 0.0112 e. The van der Waals surface area contributed by atoms with Gasteiger partial charge in [0.2, 0.25) is 0 Å². The van der Waals surface area contributed by atoms with Crippen molar-refractivity contribution in [3.63, 3.8) is 0 Å². The van der Waals surface area contributed by atoms with Gasteiger partial charge in [-0.05, 0) is 51.2 Å². The minimum atomic E-state index is 0.660. The van der Waals surface area contributed by atoms with Crippen molar-refractivity contribution >= 4 is 27.3 Å². The average molecular weight is 360 g/mol. The molecule has 0 amide bonds. The van der Waals surface area contributed by atoms with E-state index in [2.05, 4.69) is 52.3 Å². The van der Waals surface area contributed by atoms with Gasteiger partial charge in [0.15, 0.2) is 0 Å². The third-order valence-corrected chi connectivity index (χ3v) is 5.43. The minimum absolute atomic E-state index is 0.660. The van der Waals surface area contributed by atoms with Crippen LogP contribution >= 0.6 is 27.3 Å². The second kappa shape index (κ2) is 11.8. The first-order valence-electron chi connectivity index (χ1n) is 8.02. The van der Waals surface area contributed by atoms with Gasteiger partial charge in [0, 0.05) is 16.2 Å². The van der Waals surface area contributed by atoms with E-state index in [4.69, 9.17) is 0 Å². The molecule has 0 saturated carbocycles. The van der Waals surface area contributed by atoms with Gasteiger partial charge in [-0.15, -0.1) is 11.3 Å². The number of thiophene rings is 1. The van der Waals surface area contributed by atoms with Gasteiger partial charge >= 0.3 is 0 Å². The van der Waals surface area contributed by atoms with E-state index in [0.29, 0.717) is 6.04 Å². The molecule has 116 valence electrons. The summed E-state index contributed by atoms with van der Waals surface area (Å²) in [5.74, 6) is 0. The second-order valence-corrected chi connectivity index (χ2v) is 7.60. The zero-order chi connectivity index (χ0) is 14.6. The van der Waals surface area contributed by atoms with Crippen molar-refractivity contribution in [2.24, 2.45) is 0 Å². The Morgan fingerprint density at radius 2 is 1.75 bits per heavy atom. The Morgan fingerprint density at radius 3 is 2.35 bits per heavy atom. The first kappa shape index (κ1) is 18.2. The number of halogens is 1. The van der Waals surface area contributed by atoms with E-state index in [1.807, 2.05) is 11.3 Å². The van der Waals surface area contributed by atoms with Gasteiger partial charge < -0.3 is 4.90 Å². The van der Waals surface area contributed by atoms with Crippen molar-refractivity contribution in [3.8, 4) is 0 Å². The number of likely N-dealkylation sites (N-methyl/N-ethyl adjacent to an activating group) is 1. The number of hydrogen-bond donors (Lipinski definition) is 0. The van der Waals surface area contributed by atoms with Crippen LogP contribution in [0.4, 0.5) is 0 Å². The van der Waals surface area contributed by atoms with Crippen molar-refractivity contribution in [2.75, 3.05) is 18.9 Å². The maximum absolute atomic E-state index is 3.49. The van der Waals surface area contributed by atoms with Crippen LogP contribution in [0.2, 0.25) is 0 Å². The Morgan fingerprint density at radius 1 is 1.10 bits per heavy atom. The number of hydrogen-bond acceptors (Lipinski definition) is 2. The third-order valence-electron chi connectivity index (χ3n) is 3.97. The lowest BCUT2D eigenvalue weighted by Crippen LogP contribution is -2.31. The highest BCUT2D eigenvalue weighted by Crippen LogP contribution is 2.14. The summed E-state index contributed by atoms with van der Waals surface area (Å²) in [6.07, 6.45) is 10.9. The quantitative estimate of drug-likeness (QED) is 0.339. The number of unbranched alkanes of at least 4 members (excludes halogenated alkanes) is 6. The van der Waals surface area contributed by atoms with Crippen molar-refractivity contribution in [3.05, 3.63) is 22.4 Å². The van der Waals surface area contributed by atoms with Crippen LogP contribution in [0.15, 0.2) is 17.5 Å². The molecule has 1 aromatic heterocycles. The molecule has 0 saturated heterocycles. The highest BCUT2D eigenvalue weighted by atomic mass is 79.9. The summed E-state index contributed by atoms with van der Waals surface area (Å²) in [6, 6.07) is 5.07. The fourth-order valence-electron chi connectivity index (χ4n) is 2.44. The molecule has 0 aromatic carbocycles. The van der Waals surface area contributed by atoms with Crippen LogP contribution < -0.4 is 0 Å². The molecule has 1 heterocycles. The van der Waals surface area contributed by atoms with Crippen LogP contribution in [-0.2, 0) is 6.42 Å². The first-order valence-corrected chi connectivity index (χ1v) is 10.0. The lowest BCUT2D eigenvalue weighted by atomic mass is 10.1. The third kappa shape index (κ3) is 8.43. The Balaban J connectivity index is 1.98. The molecule has 1 nitrogen and oxygen atoms in total. The molecule has 0 aliphatic carbocycles. The monoisotopic (exact) mass is 359 g/mol. The Kier molecular flexibility index (Phi) is 10.7. The topological polar surface area (TPSA) is 3.24 Å². The van der Waals surface area contributed by atoms with Gasteiger partial charge in [0.05, 0.1) is 0 Å². The molecule has 0 fully saturated rings. The van der Waals surface area contributed by atoms with E-state index in [-0.39, 0.29) is 0 Å². The second-order valence-electron chi connectivity index (χ2n) is 5.78. The SMILES string of the molecule is CC(Cc1cccs1)N(C)CCCCCCCCCBr. The highest BCUT2D eigenvalue weighted by Gasteiger charge is 2.09. The van der Waals surface area contributed by atoms with Gasteiger partial charge in [0.25, 0.3) is 0 Å². The molecule has 0 N–H and O–H groups in total. The summed E-state index contributed by atoms with van der Waals surface area (Å²) < 4.78 is 0. The largest absolute Gasteiger partial charge is 0.303 e. The fraction of sp³-hybridized carbons (Fsp3) is 0.765. The summed E-state index contributed by atoms with van der Waals surface area (Å²) in [7, 11) is 2.27. The van der Waals surface area contributed by atoms with Gasteiger partial charge in [-0.3, -0.25) is 0 Å². The van der Waals surface area contributed by atoms with Gasteiger partial charge in [-0.1, -0.05) is 54.1 Å². The van der Waals surface area contributed by atoms with Crippen LogP contribution in [0.1, 0.15) is 56.7 Å². The molecule has 0 bridgehead atoms. The Bertz CT molecular complexity index is 313. The zero-order valence-corrected chi connectivity index (χ0v) is 15.5. The van der Waals surface area contributed by atoms with E-state index in [9.17, 15) is 0 Å². The normalized spacial score (nSPS) is 13.0. The fourth-order valence-corrected chi connectivity index (χ4v) is 3.66. The van der Waals surface area contributed by atoms with Crippen LogP contribution in [0.25, 0.3) is 0 Å². The van der Waals surface area contributed by atoms with Crippen LogP contribution in [0.5, 0.6) is 0 Å². The van der Waals surface area contributed by atoms with Crippen LogP contribution in [0.3, 0.4) is 0 Å². The number of nitrogens with zero attached hydrogens (tertiary/aromatic N) is 1. The van der Waals surface area contributed by atoms with E-state index >= 15 is 0 Å². The van der Waals surface area contributed by atoms with Gasteiger partial charge in [-0.25, -0.2) is 0 Å². The Hall–Kier alpha value is 0.140. The molecule has 20 heavy (non-hydrogen) atoms. The van der Waals surface area contributed by atoms with Crippen molar-refractivity contribution < 1.29 is 0 Å². The molecule has 0 aliphatic rings. The molecule has 1 aromatic rings. The molecule has 3 heteroatoms. The van der Waals surface area contributed by atoms with Crippen LogP contribution in [0, 0.1) is 0 Å². The van der Waals surface area contributed by atoms with Gasteiger partial charge in [0.1, 0.15) is 0 Å². The van der Waals surface area contributed by atoms with E-state index < -0.39 is 0 Å². The lowest BCUT2D eigenvalue weighted by Gasteiger charge is -2.24. The molecule has 1 rings (SSSR count). The predicted molar refractivity (Wildman–Crippen MR) is 96.2 cm³/mol. The van der Waals surface area contributed by atoms with Gasteiger partial charge in [-0.2, -0.15) is 0 Å². The lowest BCUT2D eigenvalue weighted by molar-refractivity contribution is 0.251. The number of rotatable bonds is 12. The van der Waals surface area contributed by atoms with Crippen molar-refractivity contribution in [1.29, 1.82) is 0 Å². The summed E-state index contributed by atoms with van der Waals surface area (Å²) in [5, 5.41) is 3.34. The molecular formula is C17H30BrNS. The molecule has 1 atom stereocenters. The maximum atomic E-state index is 3.49. The summed E-state index contributed by atoms with van der Waals surface area (Å²) >= 11 is 5.37. The predicted octanol–water partition coefficient (Wildman–Crippen LogP) is 5.74. The molecule has 0 aliphatic heterocycles. The van der Waals surface area contributed by atoms with Crippen molar-refractivity contribution in [2.45, 2.75) is 64.3 Å². The number of alkyl halides is 1. The molecule has 0 spiro atoms. The maximum Gasteiger partial charge on any atom is 0.0112 e. The van der Waals surface area contributed by atoms with Crippen LogP contribution in [-0.4, -0.2) is 29.9 Å². The molecule has 1 unspecified atom stereocenters. The zero-order valence-electron chi connectivity index (χ0n) is 13.1. The standard InChI is InChI=1S/C17H30BrNS/c1-16(15-17-11-10-14-20-17)19(2)13-9-7-5-3-4-6-8-12-18/h10-11,14,16H,3-9,12-13,15H2,1-2H3. The van der Waals surface area contributed by atoms with Crippen molar-refractivity contribution in [1.82, 2.24) is 4.90 Å². The van der Waals surface area contributed by atoms with E-state index in [1.54, 1.807) is 0 Å². The van der Waals surface area contributed by atoms with E-state index in [0.717, 1.165) is 0 Å². The Labute approximate surface area is 137 Å². The summed E-state index contributed by atoms with van der Waals surface area (Å²) in [5.41, 5.74) is 0. The summed E-state index contributed by atoms with van der Waals surface area (Å²) in [6.45, 7) is 3.59. The first-order chi connectivity index (χ1) is 9.74. The average Bonchev–Trinajstić information content (AvgIpc) is 2.94. The minimum Gasteiger partial charge on any atom is -0.303 e.